The molecule has 1 aliphatic carbocycles. The van der Waals surface area contributed by atoms with Crippen molar-refractivity contribution in [3.05, 3.63) is 35.9 Å². The summed E-state index contributed by atoms with van der Waals surface area (Å²) in [5, 5.41) is 12.7. The standard InChI is InChI=1S/C23H34N2O5/c1-23(2,3)30-22(26)25-14-13-20(24-27)21(25)16-29-19-11-9-18(10-12-19)28-15-17-7-5-4-6-8-17/h4-8,18-19,21,27H,9-16H2,1-3H3. The molecule has 0 radical (unpaired) electrons. The molecule has 7 heteroatoms. The lowest BCUT2D eigenvalue weighted by Gasteiger charge is -2.31. The lowest BCUT2D eigenvalue weighted by Crippen LogP contribution is -2.44. The maximum Gasteiger partial charge on any atom is 0.410 e. The first-order valence-corrected chi connectivity index (χ1v) is 10.8. The zero-order valence-corrected chi connectivity index (χ0v) is 18.3. The van der Waals surface area contributed by atoms with E-state index in [1.807, 2.05) is 39.0 Å². The second-order valence-corrected chi connectivity index (χ2v) is 9.06. The molecule has 166 valence electrons. The molecule has 1 unspecified atom stereocenters. The molecule has 1 aliphatic heterocycles. The first-order chi connectivity index (χ1) is 14.4. The van der Waals surface area contributed by atoms with Crippen LogP contribution in [-0.2, 0) is 20.8 Å². The quantitative estimate of drug-likeness (QED) is 0.548. The van der Waals surface area contributed by atoms with E-state index in [2.05, 4.69) is 17.3 Å². The lowest BCUT2D eigenvalue weighted by molar-refractivity contribution is -0.0448. The maximum absolute atomic E-state index is 12.5. The van der Waals surface area contributed by atoms with E-state index in [-0.39, 0.29) is 18.2 Å². The molecule has 30 heavy (non-hydrogen) atoms. The Morgan fingerprint density at radius 1 is 1.10 bits per heavy atom. The number of carbonyl (C=O) groups excluding carboxylic acids is 1. The van der Waals surface area contributed by atoms with Crippen LogP contribution in [-0.4, -0.2) is 58.9 Å². The van der Waals surface area contributed by atoms with Crippen molar-refractivity contribution in [3.63, 3.8) is 0 Å². The Morgan fingerprint density at radius 2 is 1.73 bits per heavy atom. The highest BCUT2D eigenvalue weighted by molar-refractivity contribution is 5.94. The molecule has 1 amide bonds. The second-order valence-electron chi connectivity index (χ2n) is 9.06. The van der Waals surface area contributed by atoms with Gasteiger partial charge in [0.25, 0.3) is 0 Å². The van der Waals surface area contributed by atoms with Gasteiger partial charge in [-0.1, -0.05) is 35.5 Å². The average molecular weight is 419 g/mol. The van der Waals surface area contributed by atoms with Crippen molar-refractivity contribution in [2.24, 2.45) is 5.16 Å². The van der Waals surface area contributed by atoms with E-state index in [9.17, 15) is 10.0 Å². The maximum atomic E-state index is 12.5. The van der Waals surface area contributed by atoms with Gasteiger partial charge in [-0.3, -0.25) is 4.90 Å². The minimum atomic E-state index is -0.570. The Balaban J connectivity index is 1.44. The first-order valence-electron chi connectivity index (χ1n) is 10.8. The molecule has 3 rings (SSSR count). The fraction of sp³-hybridized carbons (Fsp3) is 0.652. The number of ether oxygens (including phenoxy) is 3. The summed E-state index contributed by atoms with van der Waals surface area (Å²) in [4.78, 5) is 14.1. The molecule has 0 aromatic heterocycles. The number of hydrogen-bond donors (Lipinski definition) is 1. The Kier molecular flexibility index (Phi) is 7.72. The van der Waals surface area contributed by atoms with Crippen molar-refractivity contribution >= 4 is 11.8 Å². The molecule has 0 bridgehead atoms. The normalized spacial score (nSPS) is 26.2. The lowest BCUT2D eigenvalue weighted by atomic mass is 9.95. The molecule has 1 N–H and O–H groups in total. The fourth-order valence-electron chi connectivity index (χ4n) is 3.96. The summed E-state index contributed by atoms with van der Waals surface area (Å²) < 4.78 is 17.7. The number of oxime groups is 1. The van der Waals surface area contributed by atoms with E-state index >= 15 is 0 Å². The van der Waals surface area contributed by atoms with Crippen LogP contribution in [0.1, 0.15) is 58.4 Å². The monoisotopic (exact) mass is 418 g/mol. The van der Waals surface area contributed by atoms with Crippen molar-refractivity contribution in [1.82, 2.24) is 4.90 Å². The van der Waals surface area contributed by atoms with E-state index in [1.54, 1.807) is 4.90 Å². The van der Waals surface area contributed by atoms with Crippen LogP contribution in [0, 0.1) is 0 Å². The van der Waals surface area contributed by atoms with E-state index in [0.717, 1.165) is 25.7 Å². The van der Waals surface area contributed by atoms with E-state index in [0.29, 0.717) is 31.9 Å². The summed E-state index contributed by atoms with van der Waals surface area (Å²) in [6.45, 7) is 6.95. The van der Waals surface area contributed by atoms with Crippen LogP contribution in [0.15, 0.2) is 35.5 Å². The van der Waals surface area contributed by atoms with Crippen molar-refractivity contribution in [3.8, 4) is 0 Å². The van der Waals surface area contributed by atoms with Crippen LogP contribution in [0.4, 0.5) is 4.79 Å². The Hall–Kier alpha value is -2.12. The molecule has 1 atom stereocenters. The van der Waals surface area contributed by atoms with Gasteiger partial charge >= 0.3 is 6.09 Å². The predicted molar refractivity (Wildman–Crippen MR) is 114 cm³/mol. The van der Waals surface area contributed by atoms with Crippen LogP contribution in [0.5, 0.6) is 0 Å². The highest BCUT2D eigenvalue weighted by Crippen LogP contribution is 2.26. The van der Waals surface area contributed by atoms with Crippen LogP contribution in [0.25, 0.3) is 0 Å². The van der Waals surface area contributed by atoms with Gasteiger partial charge in [0.2, 0.25) is 0 Å². The number of amides is 1. The van der Waals surface area contributed by atoms with Gasteiger partial charge in [0, 0.05) is 13.0 Å². The third-order valence-corrected chi connectivity index (χ3v) is 5.57. The number of nitrogens with zero attached hydrogens (tertiary/aromatic N) is 2. The van der Waals surface area contributed by atoms with Crippen LogP contribution < -0.4 is 0 Å². The summed E-state index contributed by atoms with van der Waals surface area (Å²) in [7, 11) is 0. The highest BCUT2D eigenvalue weighted by atomic mass is 16.6. The summed E-state index contributed by atoms with van der Waals surface area (Å²) >= 11 is 0. The third kappa shape index (κ3) is 6.44. The fourth-order valence-corrected chi connectivity index (χ4v) is 3.96. The predicted octanol–water partition coefficient (Wildman–Crippen LogP) is 4.37. The van der Waals surface area contributed by atoms with Gasteiger partial charge in [-0.05, 0) is 52.0 Å². The summed E-state index contributed by atoms with van der Waals surface area (Å²) in [5.74, 6) is 0. The number of benzene rings is 1. The van der Waals surface area contributed by atoms with E-state index < -0.39 is 11.7 Å². The van der Waals surface area contributed by atoms with Crippen LogP contribution in [0.2, 0.25) is 0 Å². The largest absolute Gasteiger partial charge is 0.444 e. The van der Waals surface area contributed by atoms with Crippen LogP contribution in [0.3, 0.4) is 0 Å². The van der Waals surface area contributed by atoms with Gasteiger partial charge in [0.15, 0.2) is 0 Å². The second kappa shape index (κ2) is 10.3. The Bertz CT molecular complexity index is 708. The topological polar surface area (TPSA) is 80.6 Å². The third-order valence-electron chi connectivity index (χ3n) is 5.57. The van der Waals surface area contributed by atoms with Crippen LogP contribution >= 0.6 is 0 Å². The van der Waals surface area contributed by atoms with Crippen molar-refractivity contribution in [2.45, 2.75) is 83.3 Å². The van der Waals surface area contributed by atoms with Gasteiger partial charge in [0.05, 0.1) is 31.1 Å². The number of rotatable bonds is 6. The average Bonchev–Trinajstić information content (AvgIpc) is 3.14. The molecule has 1 aromatic carbocycles. The molecular formula is C23H34N2O5. The Labute approximate surface area is 179 Å². The van der Waals surface area contributed by atoms with Crippen molar-refractivity contribution < 1.29 is 24.2 Å². The number of hydrogen-bond acceptors (Lipinski definition) is 6. The SMILES string of the molecule is CC(C)(C)OC(=O)N1CCC(=NO)C1COC1CCC(OCc2ccccc2)CC1. The first kappa shape index (κ1) is 22.6. The number of carbonyl (C=O) groups is 1. The Morgan fingerprint density at radius 3 is 2.33 bits per heavy atom. The van der Waals surface area contributed by atoms with Crippen molar-refractivity contribution in [2.75, 3.05) is 13.2 Å². The van der Waals surface area contributed by atoms with Gasteiger partial charge < -0.3 is 19.4 Å². The van der Waals surface area contributed by atoms with Gasteiger partial charge in [-0.25, -0.2) is 4.79 Å². The summed E-state index contributed by atoms with van der Waals surface area (Å²) in [6.07, 6.45) is 4.27. The zero-order valence-electron chi connectivity index (χ0n) is 18.3. The molecule has 7 nitrogen and oxygen atoms in total. The molecule has 1 aromatic rings. The molecule has 1 saturated heterocycles. The summed E-state index contributed by atoms with van der Waals surface area (Å²) in [6, 6.07) is 9.83. The minimum Gasteiger partial charge on any atom is -0.444 e. The molecule has 1 heterocycles. The summed E-state index contributed by atoms with van der Waals surface area (Å²) in [5.41, 5.74) is 1.19. The van der Waals surface area contributed by atoms with E-state index in [1.165, 1.54) is 5.56 Å². The van der Waals surface area contributed by atoms with E-state index in [4.69, 9.17) is 14.2 Å². The molecule has 2 aliphatic rings. The van der Waals surface area contributed by atoms with Gasteiger partial charge in [0.1, 0.15) is 11.6 Å². The molecule has 2 fully saturated rings. The van der Waals surface area contributed by atoms with Gasteiger partial charge in [-0.15, -0.1) is 0 Å². The number of likely N-dealkylation sites (tertiary alicyclic amines) is 1. The molecular weight excluding hydrogens is 384 g/mol. The minimum absolute atomic E-state index is 0.127. The smallest absolute Gasteiger partial charge is 0.410 e. The van der Waals surface area contributed by atoms with Gasteiger partial charge in [-0.2, -0.15) is 0 Å². The van der Waals surface area contributed by atoms with Crippen molar-refractivity contribution in [1.29, 1.82) is 0 Å². The highest BCUT2D eigenvalue weighted by Gasteiger charge is 2.38. The molecule has 0 spiro atoms. The molecule has 1 saturated carbocycles. The zero-order chi connectivity index (χ0) is 21.6.